The van der Waals surface area contributed by atoms with Gasteiger partial charge in [-0.15, -0.1) is 11.3 Å². The third kappa shape index (κ3) is 2.28. The zero-order valence-corrected chi connectivity index (χ0v) is 7.43. The first-order valence-electron chi connectivity index (χ1n) is 3.36. The van der Waals surface area contributed by atoms with Crippen molar-refractivity contribution in [2.45, 2.75) is 13.0 Å². The molecule has 0 amide bonds. The number of methoxy groups -OCH3 is 1. The van der Waals surface area contributed by atoms with E-state index < -0.39 is 5.97 Å². The van der Waals surface area contributed by atoms with E-state index >= 15 is 0 Å². The maximum atomic E-state index is 10.4. The van der Waals surface area contributed by atoms with Crippen molar-refractivity contribution in [3.05, 3.63) is 16.1 Å². The number of rotatable bonds is 4. The van der Waals surface area contributed by atoms with Crippen LogP contribution < -0.4 is 0 Å². The molecule has 0 unspecified atom stereocenters. The number of hydrogen-bond acceptors (Lipinski definition) is 4. The summed E-state index contributed by atoms with van der Waals surface area (Å²) in [7, 11) is 1.56. The first-order valence-corrected chi connectivity index (χ1v) is 4.24. The Kier molecular flexibility index (Phi) is 3.19. The Hall–Kier alpha value is -0.940. The molecule has 0 aromatic carbocycles. The second-order valence-corrected chi connectivity index (χ2v) is 3.17. The van der Waals surface area contributed by atoms with E-state index in [4.69, 9.17) is 9.84 Å². The number of hydrogen-bond donors (Lipinski definition) is 1. The van der Waals surface area contributed by atoms with Crippen LogP contribution in [-0.2, 0) is 22.6 Å². The van der Waals surface area contributed by atoms with Crippen molar-refractivity contribution in [2.24, 2.45) is 0 Å². The summed E-state index contributed by atoms with van der Waals surface area (Å²) in [5, 5.41) is 8.52. The minimum Gasteiger partial charge on any atom is -0.481 e. The molecule has 0 radical (unpaired) electrons. The van der Waals surface area contributed by atoms with Gasteiger partial charge in [-0.05, 0) is 0 Å². The number of nitrogens with zero attached hydrogens (tertiary/aromatic N) is 1. The van der Waals surface area contributed by atoms with Crippen LogP contribution in [0.3, 0.4) is 0 Å². The third-order valence-corrected chi connectivity index (χ3v) is 2.19. The van der Waals surface area contributed by atoms with Gasteiger partial charge in [0.2, 0.25) is 0 Å². The van der Waals surface area contributed by atoms with Gasteiger partial charge in [0.25, 0.3) is 0 Å². The molecule has 0 saturated carbocycles. The lowest BCUT2D eigenvalue weighted by Gasteiger charge is -1.96. The van der Waals surface area contributed by atoms with Gasteiger partial charge in [0.1, 0.15) is 0 Å². The topological polar surface area (TPSA) is 59.4 Å². The van der Waals surface area contributed by atoms with Gasteiger partial charge < -0.3 is 9.84 Å². The molecule has 1 heterocycles. The predicted octanol–water partition coefficient (Wildman–Crippen LogP) is 0.917. The minimum absolute atomic E-state index is 0.0311. The van der Waals surface area contributed by atoms with Crippen LogP contribution in [0.15, 0.2) is 5.51 Å². The van der Waals surface area contributed by atoms with Crippen molar-refractivity contribution in [3.8, 4) is 0 Å². The van der Waals surface area contributed by atoms with Gasteiger partial charge in [-0.25, -0.2) is 4.98 Å². The van der Waals surface area contributed by atoms with Gasteiger partial charge in [-0.1, -0.05) is 0 Å². The molecule has 1 aromatic rings. The average molecular weight is 187 g/mol. The number of aromatic nitrogens is 1. The van der Waals surface area contributed by atoms with E-state index in [1.54, 1.807) is 12.6 Å². The lowest BCUT2D eigenvalue weighted by molar-refractivity contribution is -0.136. The number of carbonyl (C=O) groups is 1. The summed E-state index contributed by atoms with van der Waals surface area (Å²) >= 11 is 1.35. The Bertz CT molecular complexity index is 271. The maximum absolute atomic E-state index is 10.4. The number of carboxylic acids is 1. The highest BCUT2D eigenvalue weighted by molar-refractivity contribution is 7.09. The molecule has 0 spiro atoms. The number of ether oxygens (including phenoxy) is 1. The summed E-state index contributed by atoms with van der Waals surface area (Å²) in [6.07, 6.45) is 0.0311. The molecule has 0 saturated heterocycles. The van der Waals surface area contributed by atoms with Gasteiger partial charge in [-0.2, -0.15) is 0 Å². The van der Waals surface area contributed by atoms with Gasteiger partial charge >= 0.3 is 5.97 Å². The molecule has 12 heavy (non-hydrogen) atoms. The lowest BCUT2D eigenvalue weighted by Crippen LogP contribution is -2.01. The summed E-state index contributed by atoms with van der Waals surface area (Å²) in [6, 6.07) is 0. The monoisotopic (exact) mass is 187 g/mol. The smallest absolute Gasteiger partial charge is 0.308 e. The van der Waals surface area contributed by atoms with Crippen molar-refractivity contribution < 1.29 is 14.6 Å². The van der Waals surface area contributed by atoms with Crippen molar-refractivity contribution in [2.75, 3.05) is 7.11 Å². The predicted molar refractivity (Wildman–Crippen MR) is 44.2 cm³/mol. The largest absolute Gasteiger partial charge is 0.481 e. The number of thiazole rings is 1. The normalized spacial score (nSPS) is 10.1. The van der Waals surface area contributed by atoms with Crippen molar-refractivity contribution in [1.29, 1.82) is 0 Å². The van der Waals surface area contributed by atoms with Crippen LogP contribution in [0.25, 0.3) is 0 Å². The molecular weight excluding hydrogens is 178 g/mol. The quantitative estimate of drug-likeness (QED) is 0.761. The van der Waals surface area contributed by atoms with E-state index in [1.807, 2.05) is 0 Å². The van der Waals surface area contributed by atoms with Gasteiger partial charge in [-0.3, -0.25) is 4.79 Å². The summed E-state index contributed by atoms with van der Waals surface area (Å²) in [5.41, 5.74) is 2.36. The summed E-state index contributed by atoms with van der Waals surface area (Å²) in [4.78, 5) is 15.1. The highest BCUT2D eigenvalue weighted by Gasteiger charge is 2.08. The molecular formula is C7H9NO3S. The highest BCUT2D eigenvalue weighted by Crippen LogP contribution is 2.14. The van der Waals surface area contributed by atoms with Crippen molar-refractivity contribution >= 4 is 17.3 Å². The van der Waals surface area contributed by atoms with Gasteiger partial charge in [0.15, 0.2) is 0 Å². The fourth-order valence-corrected chi connectivity index (χ4v) is 1.59. The van der Waals surface area contributed by atoms with Gasteiger partial charge in [0, 0.05) is 12.0 Å². The molecule has 1 N–H and O–H groups in total. The second kappa shape index (κ2) is 4.18. The Balaban J connectivity index is 2.69. The molecule has 0 atom stereocenters. The van der Waals surface area contributed by atoms with E-state index in [0.29, 0.717) is 6.61 Å². The van der Waals surface area contributed by atoms with Crippen LogP contribution in [0.1, 0.15) is 10.6 Å². The van der Waals surface area contributed by atoms with E-state index in [-0.39, 0.29) is 6.42 Å². The number of carboxylic acid groups (broad SMARTS) is 1. The highest BCUT2D eigenvalue weighted by atomic mass is 32.1. The Morgan fingerprint density at radius 1 is 1.83 bits per heavy atom. The first-order chi connectivity index (χ1) is 5.74. The average Bonchev–Trinajstić information content (AvgIpc) is 2.37. The van der Waals surface area contributed by atoms with E-state index in [2.05, 4.69) is 4.98 Å². The standard InChI is InChI=1S/C7H9NO3S/c1-11-3-5-6(2-7(9)10)12-4-8-5/h4H,2-3H2,1H3,(H,9,10). The maximum Gasteiger partial charge on any atom is 0.308 e. The number of aliphatic carboxylic acids is 1. The fraction of sp³-hybridized carbons (Fsp3) is 0.429. The summed E-state index contributed by atoms with van der Waals surface area (Å²) in [5.74, 6) is -0.836. The SMILES string of the molecule is COCc1ncsc1CC(=O)O. The fourth-order valence-electron chi connectivity index (χ4n) is 0.829. The molecule has 1 aromatic heterocycles. The molecule has 1 rings (SSSR count). The van der Waals surface area contributed by atoms with Crippen LogP contribution in [-0.4, -0.2) is 23.2 Å². The molecule has 0 aliphatic rings. The van der Waals surface area contributed by atoms with Crippen LogP contribution in [0.2, 0.25) is 0 Å². The molecule has 66 valence electrons. The van der Waals surface area contributed by atoms with Gasteiger partial charge in [0.05, 0.1) is 24.2 Å². The first kappa shape index (κ1) is 9.15. The third-order valence-electron chi connectivity index (χ3n) is 1.32. The Morgan fingerprint density at radius 2 is 2.58 bits per heavy atom. The second-order valence-electron chi connectivity index (χ2n) is 2.23. The van der Waals surface area contributed by atoms with E-state index in [0.717, 1.165) is 10.6 Å². The molecule has 0 fully saturated rings. The van der Waals surface area contributed by atoms with Crippen molar-refractivity contribution in [1.82, 2.24) is 4.98 Å². The zero-order chi connectivity index (χ0) is 8.97. The Labute approximate surface area is 73.8 Å². The molecule has 0 aliphatic heterocycles. The molecule has 0 bridgehead atoms. The zero-order valence-electron chi connectivity index (χ0n) is 6.61. The van der Waals surface area contributed by atoms with Crippen LogP contribution >= 0.6 is 11.3 Å². The van der Waals surface area contributed by atoms with E-state index in [1.165, 1.54) is 11.3 Å². The molecule has 5 heteroatoms. The van der Waals surface area contributed by atoms with Crippen LogP contribution in [0, 0.1) is 0 Å². The van der Waals surface area contributed by atoms with Crippen LogP contribution in [0.4, 0.5) is 0 Å². The Morgan fingerprint density at radius 3 is 3.17 bits per heavy atom. The minimum atomic E-state index is -0.836. The lowest BCUT2D eigenvalue weighted by atomic mass is 10.3. The summed E-state index contributed by atoms with van der Waals surface area (Å²) < 4.78 is 4.86. The van der Waals surface area contributed by atoms with Crippen molar-refractivity contribution in [3.63, 3.8) is 0 Å². The van der Waals surface area contributed by atoms with Crippen LogP contribution in [0.5, 0.6) is 0 Å². The molecule has 4 nitrogen and oxygen atoms in total. The van der Waals surface area contributed by atoms with E-state index in [9.17, 15) is 4.79 Å². The summed E-state index contributed by atoms with van der Waals surface area (Å²) in [6.45, 7) is 0.381. The molecule has 0 aliphatic carbocycles.